The largest absolute Gasteiger partial charge is 0.336 e. The zero-order valence-corrected chi connectivity index (χ0v) is 11.6. The number of pyridine rings is 1. The summed E-state index contributed by atoms with van der Waals surface area (Å²) in [4.78, 5) is 18.8. The molecular formula is C15H23N3O. The van der Waals surface area contributed by atoms with Crippen LogP contribution in [0.15, 0.2) is 18.3 Å². The molecule has 104 valence electrons. The normalized spacial score (nSPS) is 19.5. The number of nitrogens with two attached hydrogens (primary N) is 1. The maximum absolute atomic E-state index is 12.6. The van der Waals surface area contributed by atoms with Gasteiger partial charge in [-0.15, -0.1) is 0 Å². The zero-order valence-electron chi connectivity index (χ0n) is 11.6. The number of aromatic nitrogens is 1. The van der Waals surface area contributed by atoms with Gasteiger partial charge in [0.2, 0.25) is 0 Å². The van der Waals surface area contributed by atoms with Gasteiger partial charge in [0.1, 0.15) is 0 Å². The van der Waals surface area contributed by atoms with Crippen molar-refractivity contribution < 1.29 is 4.79 Å². The summed E-state index contributed by atoms with van der Waals surface area (Å²) in [5.41, 5.74) is 7.08. The minimum atomic E-state index is 0.134. The third-order valence-electron chi connectivity index (χ3n) is 3.78. The maximum Gasteiger partial charge on any atom is 0.254 e. The van der Waals surface area contributed by atoms with Crippen molar-refractivity contribution in [3.8, 4) is 0 Å². The Morgan fingerprint density at radius 1 is 1.53 bits per heavy atom. The Kier molecular flexibility index (Phi) is 4.91. The van der Waals surface area contributed by atoms with Gasteiger partial charge in [-0.2, -0.15) is 0 Å². The van der Waals surface area contributed by atoms with Crippen molar-refractivity contribution in [3.05, 3.63) is 29.6 Å². The molecule has 1 aliphatic rings. The molecule has 2 rings (SSSR count). The fourth-order valence-electron chi connectivity index (χ4n) is 2.79. The predicted molar refractivity (Wildman–Crippen MR) is 75.7 cm³/mol. The van der Waals surface area contributed by atoms with Crippen LogP contribution in [0.25, 0.3) is 0 Å². The van der Waals surface area contributed by atoms with E-state index >= 15 is 0 Å². The minimum Gasteiger partial charge on any atom is -0.336 e. The van der Waals surface area contributed by atoms with Crippen LogP contribution in [0.3, 0.4) is 0 Å². The van der Waals surface area contributed by atoms with Crippen molar-refractivity contribution in [1.82, 2.24) is 9.88 Å². The topological polar surface area (TPSA) is 59.2 Å². The van der Waals surface area contributed by atoms with Crippen molar-refractivity contribution in [2.45, 2.75) is 51.6 Å². The van der Waals surface area contributed by atoms with Crippen LogP contribution >= 0.6 is 0 Å². The third kappa shape index (κ3) is 3.32. The van der Waals surface area contributed by atoms with Crippen molar-refractivity contribution in [2.24, 2.45) is 5.73 Å². The van der Waals surface area contributed by atoms with Crippen LogP contribution in [-0.4, -0.2) is 28.4 Å². The lowest BCUT2D eigenvalue weighted by Gasteiger charge is -2.36. The lowest BCUT2D eigenvalue weighted by molar-refractivity contribution is 0.0600. The Balaban J connectivity index is 2.16. The van der Waals surface area contributed by atoms with E-state index in [4.69, 9.17) is 5.73 Å². The highest BCUT2D eigenvalue weighted by atomic mass is 16.2. The van der Waals surface area contributed by atoms with Gasteiger partial charge in [0.05, 0.1) is 5.69 Å². The molecule has 0 bridgehead atoms. The van der Waals surface area contributed by atoms with Gasteiger partial charge in [-0.05, 0) is 37.8 Å². The quantitative estimate of drug-likeness (QED) is 0.905. The van der Waals surface area contributed by atoms with Gasteiger partial charge >= 0.3 is 0 Å². The molecule has 1 aliphatic heterocycles. The Hall–Kier alpha value is -1.42. The summed E-state index contributed by atoms with van der Waals surface area (Å²) in [6.45, 7) is 3.43. The average molecular weight is 261 g/mol. The Morgan fingerprint density at radius 3 is 3.11 bits per heavy atom. The van der Waals surface area contributed by atoms with E-state index in [-0.39, 0.29) is 5.91 Å². The molecule has 0 radical (unpaired) electrons. The number of carbonyl (C=O) groups is 1. The second-order valence-corrected chi connectivity index (χ2v) is 5.18. The molecule has 19 heavy (non-hydrogen) atoms. The summed E-state index contributed by atoms with van der Waals surface area (Å²) in [6.07, 6.45) is 7.38. The number of amides is 1. The van der Waals surface area contributed by atoms with Crippen LogP contribution in [-0.2, 0) is 6.54 Å². The summed E-state index contributed by atoms with van der Waals surface area (Å²) in [7, 11) is 0. The highest BCUT2D eigenvalue weighted by Crippen LogP contribution is 2.23. The summed E-state index contributed by atoms with van der Waals surface area (Å²) >= 11 is 0. The predicted octanol–water partition coefficient (Wildman–Crippen LogP) is 2.34. The summed E-state index contributed by atoms with van der Waals surface area (Å²) < 4.78 is 0. The smallest absolute Gasteiger partial charge is 0.254 e. The number of carbonyl (C=O) groups excluding carboxylic acids is 1. The molecule has 1 unspecified atom stereocenters. The highest BCUT2D eigenvalue weighted by molar-refractivity contribution is 5.94. The molecule has 1 aromatic heterocycles. The monoisotopic (exact) mass is 261 g/mol. The summed E-state index contributed by atoms with van der Waals surface area (Å²) in [6, 6.07) is 4.01. The molecule has 1 amide bonds. The first kappa shape index (κ1) is 14.0. The molecule has 0 aromatic carbocycles. The molecule has 0 saturated carbocycles. The van der Waals surface area contributed by atoms with E-state index in [9.17, 15) is 4.79 Å². The average Bonchev–Trinajstić information content (AvgIpc) is 2.47. The molecule has 0 spiro atoms. The van der Waals surface area contributed by atoms with Crippen molar-refractivity contribution in [1.29, 1.82) is 0 Å². The highest BCUT2D eigenvalue weighted by Gasteiger charge is 2.26. The zero-order chi connectivity index (χ0) is 13.7. The number of hydrogen-bond acceptors (Lipinski definition) is 3. The molecule has 4 heteroatoms. The van der Waals surface area contributed by atoms with Crippen molar-refractivity contribution >= 4 is 5.91 Å². The van der Waals surface area contributed by atoms with E-state index in [0.29, 0.717) is 12.6 Å². The van der Waals surface area contributed by atoms with Crippen LogP contribution in [0.1, 0.15) is 55.1 Å². The van der Waals surface area contributed by atoms with Crippen LogP contribution < -0.4 is 5.73 Å². The summed E-state index contributed by atoms with van der Waals surface area (Å²) in [5, 5.41) is 0. The van der Waals surface area contributed by atoms with Crippen LogP contribution in [0.5, 0.6) is 0 Å². The molecule has 1 saturated heterocycles. The van der Waals surface area contributed by atoms with E-state index in [1.807, 2.05) is 11.0 Å². The Labute approximate surface area is 115 Å². The number of nitrogens with zero attached hydrogens (tertiary/aromatic N) is 2. The van der Waals surface area contributed by atoms with Crippen LogP contribution in [0, 0.1) is 0 Å². The van der Waals surface area contributed by atoms with E-state index < -0.39 is 0 Å². The van der Waals surface area contributed by atoms with Crippen LogP contribution in [0.4, 0.5) is 0 Å². The van der Waals surface area contributed by atoms with Crippen molar-refractivity contribution in [3.63, 3.8) is 0 Å². The van der Waals surface area contributed by atoms with E-state index in [2.05, 4.69) is 11.9 Å². The fourth-order valence-corrected chi connectivity index (χ4v) is 2.79. The molecule has 4 nitrogen and oxygen atoms in total. The van der Waals surface area contributed by atoms with E-state index in [1.165, 1.54) is 6.42 Å². The van der Waals surface area contributed by atoms with Gasteiger partial charge in [0.15, 0.2) is 0 Å². The van der Waals surface area contributed by atoms with Gasteiger partial charge in [-0.3, -0.25) is 9.78 Å². The maximum atomic E-state index is 12.6. The summed E-state index contributed by atoms with van der Waals surface area (Å²) in [5.74, 6) is 0.134. The standard InChI is InChI=1S/C15H23N3O/c1-2-5-14-6-3-4-9-18(14)15(19)12-7-8-17-13(10-12)11-16/h7-8,10,14H,2-6,9,11,16H2,1H3. The molecular weight excluding hydrogens is 238 g/mol. The van der Waals surface area contributed by atoms with Gasteiger partial charge in [-0.1, -0.05) is 13.3 Å². The lowest BCUT2D eigenvalue weighted by atomic mass is 9.97. The van der Waals surface area contributed by atoms with Crippen LogP contribution in [0.2, 0.25) is 0 Å². The van der Waals surface area contributed by atoms with E-state index in [1.54, 1.807) is 12.3 Å². The number of piperidine rings is 1. The molecule has 2 heterocycles. The van der Waals surface area contributed by atoms with Crippen molar-refractivity contribution in [2.75, 3.05) is 6.54 Å². The number of likely N-dealkylation sites (tertiary alicyclic amines) is 1. The lowest BCUT2D eigenvalue weighted by Crippen LogP contribution is -2.43. The molecule has 0 aliphatic carbocycles. The number of hydrogen-bond donors (Lipinski definition) is 1. The SMILES string of the molecule is CCCC1CCCCN1C(=O)c1ccnc(CN)c1. The molecule has 1 atom stereocenters. The Bertz CT molecular complexity index is 431. The first-order chi connectivity index (χ1) is 9.26. The Morgan fingerprint density at radius 2 is 2.37 bits per heavy atom. The molecule has 1 aromatic rings. The number of rotatable bonds is 4. The van der Waals surface area contributed by atoms with Gasteiger partial charge < -0.3 is 10.6 Å². The third-order valence-corrected chi connectivity index (χ3v) is 3.78. The van der Waals surface area contributed by atoms with Gasteiger partial charge in [-0.25, -0.2) is 0 Å². The minimum absolute atomic E-state index is 0.134. The second-order valence-electron chi connectivity index (χ2n) is 5.18. The fraction of sp³-hybridized carbons (Fsp3) is 0.600. The molecule has 2 N–H and O–H groups in total. The first-order valence-corrected chi connectivity index (χ1v) is 7.22. The van der Waals surface area contributed by atoms with Gasteiger partial charge in [0, 0.05) is 30.9 Å². The van der Waals surface area contributed by atoms with E-state index in [0.717, 1.165) is 43.5 Å². The second kappa shape index (κ2) is 6.66. The molecule has 1 fully saturated rings. The van der Waals surface area contributed by atoms with Gasteiger partial charge in [0.25, 0.3) is 5.91 Å². The first-order valence-electron chi connectivity index (χ1n) is 7.22.